The van der Waals surface area contributed by atoms with E-state index in [2.05, 4.69) is 10.3 Å². The van der Waals surface area contributed by atoms with Crippen LogP contribution in [0.15, 0.2) is 5.51 Å². The zero-order valence-electron chi connectivity index (χ0n) is 17.1. The summed E-state index contributed by atoms with van der Waals surface area (Å²) in [4.78, 5) is 43.0. The van der Waals surface area contributed by atoms with Crippen molar-refractivity contribution in [2.24, 2.45) is 0 Å². The molecule has 1 N–H and O–H groups in total. The van der Waals surface area contributed by atoms with Crippen molar-refractivity contribution < 1.29 is 9.59 Å². The molecule has 2 aliphatic heterocycles. The Morgan fingerprint density at radius 2 is 2.07 bits per heavy atom. The van der Waals surface area contributed by atoms with Crippen molar-refractivity contribution in [2.45, 2.75) is 45.6 Å². The van der Waals surface area contributed by atoms with E-state index in [0.717, 1.165) is 54.4 Å². The predicted octanol–water partition coefficient (Wildman–Crippen LogP) is 2.21. The van der Waals surface area contributed by atoms with Crippen LogP contribution in [0.25, 0.3) is 0 Å². The molecule has 0 aliphatic carbocycles. The number of rotatable bonds is 3. The first-order valence-electron chi connectivity index (χ1n) is 10.00. The van der Waals surface area contributed by atoms with Gasteiger partial charge in [-0.2, -0.15) is 0 Å². The summed E-state index contributed by atoms with van der Waals surface area (Å²) in [6.07, 6.45) is 2.64. The van der Waals surface area contributed by atoms with Crippen molar-refractivity contribution in [3.63, 3.8) is 0 Å². The van der Waals surface area contributed by atoms with Crippen molar-refractivity contribution in [1.29, 1.82) is 0 Å². The molecule has 0 radical (unpaired) electrons. The van der Waals surface area contributed by atoms with Gasteiger partial charge in [-0.25, -0.2) is 15.0 Å². The lowest BCUT2D eigenvalue weighted by molar-refractivity contribution is -0.130. The number of fused-ring (bicyclic) bond motifs is 1. The third-order valence-corrected chi connectivity index (χ3v) is 6.69. The first kappa shape index (κ1) is 19.8. The molecule has 2 aromatic heterocycles. The van der Waals surface area contributed by atoms with Crippen molar-refractivity contribution >= 4 is 29.0 Å². The molecule has 1 unspecified atom stereocenters. The number of carbonyl (C=O) groups is 2. The first-order valence-corrected chi connectivity index (χ1v) is 10.9. The number of aromatic nitrogens is 3. The number of aryl methyl sites for hydroxylation is 1. The Morgan fingerprint density at radius 3 is 2.76 bits per heavy atom. The lowest BCUT2D eigenvalue weighted by Crippen LogP contribution is -2.39. The number of nitrogens with one attached hydrogen (secondary N) is 1. The van der Waals surface area contributed by atoms with Crippen LogP contribution in [-0.4, -0.2) is 63.2 Å². The van der Waals surface area contributed by atoms with Crippen LogP contribution in [0.2, 0.25) is 0 Å². The number of piperidine rings is 1. The monoisotopic (exact) mass is 414 g/mol. The quantitative estimate of drug-likeness (QED) is 0.828. The van der Waals surface area contributed by atoms with Crippen LogP contribution < -0.4 is 5.32 Å². The number of anilines is 1. The third-order valence-electron chi connectivity index (χ3n) is 5.78. The molecule has 4 heterocycles. The molecule has 4 rings (SSSR count). The van der Waals surface area contributed by atoms with E-state index in [1.165, 1.54) is 11.3 Å². The van der Waals surface area contributed by atoms with Crippen molar-refractivity contribution in [1.82, 2.24) is 24.8 Å². The van der Waals surface area contributed by atoms with Gasteiger partial charge in [0.05, 0.1) is 23.4 Å². The van der Waals surface area contributed by atoms with Gasteiger partial charge in [0.2, 0.25) is 5.91 Å². The van der Waals surface area contributed by atoms with E-state index in [1.54, 1.807) is 12.4 Å². The Hall–Kier alpha value is -2.55. The minimum Gasteiger partial charge on any atom is -0.373 e. The van der Waals surface area contributed by atoms with Gasteiger partial charge in [-0.15, -0.1) is 11.3 Å². The topological polar surface area (TPSA) is 91.3 Å². The third kappa shape index (κ3) is 3.83. The zero-order chi connectivity index (χ0) is 20.5. The highest BCUT2D eigenvalue weighted by molar-refractivity contribution is 7.11. The summed E-state index contributed by atoms with van der Waals surface area (Å²) in [5.41, 5.74) is 4.47. The highest BCUT2D eigenvalue weighted by Gasteiger charge is 2.30. The second-order valence-corrected chi connectivity index (χ2v) is 8.51. The molecule has 0 saturated carbocycles. The number of hydrogen-bond acceptors (Lipinski definition) is 7. The van der Waals surface area contributed by atoms with Crippen molar-refractivity contribution in [3.05, 3.63) is 33.2 Å². The van der Waals surface area contributed by atoms with E-state index in [9.17, 15) is 9.59 Å². The van der Waals surface area contributed by atoms with Crippen LogP contribution in [0.3, 0.4) is 0 Å². The number of nitrogens with zero attached hydrogens (tertiary/aromatic N) is 5. The lowest BCUT2D eigenvalue weighted by atomic mass is 9.96. The average molecular weight is 415 g/mol. The number of carbonyl (C=O) groups excluding carboxylic acids is 2. The van der Waals surface area contributed by atoms with E-state index in [-0.39, 0.29) is 17.7 Å². The predicted molar refractivity (Wildman–Crippen MR) is 111 cm³/mol. The summed E-state index contributed by atoms with van der Waals surface area (Å²) in [6.45, 7) is 6.04. The van der Waals surface area contributed by atoms with Gasteiger partial charge in [0, 0.05) is 45.1 Å². The van der Waals surface area contributed by atoms with Gasteiger partial charge < -0.3 is 15.1 Å². The fraction of sp³-hybridized carbons (Fsp3) is 0.550. The summed E-state index contributed by atoms with van der Waals surface area (Å²) in [6, 6.07) is 0. The van der Waals surface area contributed by atoms with E-state index < -0.39 is 0 Å². The number of likely N-dealkylation sites (tertiary alicyclic amines) is 1. The lowest BCUT2D eigenvalue weighted by Gasteiger charge is -2.33. The number of amides is 2. The highest BCUT2D eigenvalue weighted by Crippen LogP contribution is 2.30. The molecule has 1 atom stereocenters. The molecule has 0 spiro atoms. The molecule has 29 heavy (non-hydrogen) atoms. The molecule has 1 fully saturated rings. The molecule has 154 valence electrons. The molecule has 2 aliphatic rings. The second-order valence-electron chi connectivity index (χ2n) is 7.65. The van der Waals surface area contributed by atoms with E-state index in [0.29, 0.717) is 24.5 Å². The van der Waals surface area contributed by atoms with Crippen molar-refractivity contribution in [3.8, 4) is 0 Å². The fourth-order valence-electron chi connectivity index (χ4n) is 4.14. The molecular weight excluding hydrogens is 388 g/mol. The zero-order valence-corrected chi connectivity index (χ0v) is 17.9. The van der Waals surface area contributed by atoms with Crippen LogP contribution >= 0.6 is 11.3 Å². The molecular formula is C20H26N6O2S. The van der Waals surface area contributed by atoms with Gasteiger partial charge in [0.15, 0.2) is 0 Å². The summed E-state index contributed by atoms with van der Waals surface area (Å²) < 4.78 is 0. The summed E-state index contributed by atoms with van der Waals surface area (Å²) in [7, 11) is 1.87. The summed E-state index contributed by atoms with van der Waals surface area (Å²) >= 11 is 1.38. The number of hydrogen-bond donors (Lipinski definition) is 1. The van der Waals surface area contributed by atoms with Gasteiger partial charge in [-0.05, 0) is 26.2 Å². The van der Waals surface area contributed by atoms with Gasteiger partial charge in [-0.3, -0.25) is 9.59 Å². The van der Waals surface area contributed by atoms with E-state index in [1.807, 2.05) is 23.8 Å². The van der Waals surface area contributed by atoms with Crippen LogP contribution in [0, 0.1) is 6.92 Å². The van der Waals surface area contributed by atoms with E-state index in [4.69, 9.17) is 9.97 Å². The average Bonchev–Trinajstić information content (AvgIpc) is 3.17. The maximum absolute atomic E-state index is 12.9. The maximum Gasteiger partial charge on any atom is 0.266 e. The Kier molecular flexibility index (Phi) is 5.49. The molecule has 8 nitrogen and oxygen atoms in total. The van der Waals surface area contributed by atoms with Crippen molar-refractivity contribution in [2.75, 3.05) is 32.0 Å². The van der Waals surface area contributed by atoms with Crippen LogP contribution in [-0.2, 0) is 17.8 Å². The van der Waals surface area contributed by atoms with Gasteiger partial charge in [0.1, 0.15) is 16.5 Å². The van der Waals surface area contributed by atoms with Crippen LogP contribution in [0.5, 0.6) is 0 Å². The Bertz CT molecular complexity index is 943. The van der Waals surface area contributed by atoms with Gasteiger partial charge >= 0.3 is 0 Å². The number of thiazole rings is 1. The van der Waals surface area contributed by atoms with E-state index >= 15 is 0 Å². The fourth-order valence-corrected chi connectivity index (χ4v) is 4.91. The molecule has 0 bridgehead atoms. The summed E-state index contributed by atoms with van der Waals surface area (Å²) in [5, 5.41) is 3.21. The minimum atomic E-state index is 0.0160. The van der Waals surface area contributed by atoms with Crippen LogP contribution in [0.1, 0.15) is 58.1 Å². The SMILES string of the molecule is CNc1nc(C2CCCN(C(C)=O)C2)nc2c1CCN(C(=O)c1scnc1C)C2. The smallest absolute Gasteiger partial charge is 0.266 e. The normalized spacial score (nSPS) is 19.1. The Balaban J connectivity index is 1.61. The maximum atomic E-state index is 12.9. The second kappa shape index (κ2) is 8.06. The Morgan fingerprint density at radius 1 is 1.24 bits per heavy atom. The molecule has 9 heteroatoms. The van der Waals surface area contributed by atoms with Crippen LogP contribution in [0.4, 0.5) is 5.82 Å². The molecule has 1 saturated heterocycles. The molecule has 0 aromatic carbocycles. The molecule has 2 amide bonds. The van der Waals surface area contributed by atoms with Gasteiger partial charge in [0.25, 0.3) is 5.91 Å². The Labute approximate surface area is 174 Å². The molecule has 2 aromatic rings. The summed E-state index contributed by atoms with van der Waals surface area (Å²) in [5.74, 6) is 1.84. The largest absolute Gasteiger partial charge is 0.373 e. The highest BCUT2D eigenvalue weighted by atomic mass is 32.1. The standard InChI is InChI=1S/C20H26N6O2S/c1-12-17(29-11-22-12)20(28)26-8-6-15-16(10-26)23-18(24-19(15)21-3)14-5-4-7-25(9-14)13(2)27/h11,14H,4-10H2,1-3H3,(H,21,23,24). The van der Waals surface area contributed by atoms with Gasteiger partial charge in [-0.1, -0.05) is 0 Å². The first-order chi connectivity index (χ1) is 14.0. The minimum absolute atomic E-state index is 0.0160.